The molecule has 5 nitrogen and oxygen atoms in total. The van der Waals surface area contributed by atoms with Crippen molar-refractivity contribution < 1.29 is 4.42 Å². The molecule has 0 amide bonds. The fraction of sp³-hybridized carbons (Fsp3) is 0. The molecule has 0 bridgehead atoms. The number of rotatable bonds is 3. The van der Waals surface area contributed by atoms with Gasteiger partial charge in [0.1, 0.15) is 5.69 Å². The van der Waals surface area contributed by atoms with E-state index < -0.39 is 0 Å². The molecule has 108 valence electrons. The molecule has 0 spiro atoms. The highest BCUT2D eigenvalue weighted by Crippen LogP contribution is 2.26. The molecule has 2 heterocycles. The highest BCUT2D eigenvalue weighted by Gasteiger charge is 2.11. The van der Waals surface area contributed by atoms with Crippen molar-refractivity contribution in [3.8, 4) is 11.6 Å². The second kappa shape index (κ2) is 5.20. The maximum absolute atomic E-state index is 5.99. The van der Waals surface area contributed by atoms with Crippen LogP contribution in [0, 0.1) is 0 Å². The van der Waals surface area contributed by atoms with Gasteiger partial charge in [-0.25, -0.2) is 0 Å². The monoisotopic (exact) mass is 310 g/mol. The van der Waals surface area contributed by atoms with E-state index in [-0.39, 0.29) is 0 Å². The fourth-order valence-corrected chi connectivity index (χ4v) is 2.43. The van der Waals surface area contributed by atoms with E-state index in [0.717, 1.165) is 22.3 Å². The molecule has 0 radical (unpaired) electrons. The van der Waals surface area contributed by atoms with Crippen LogP contribution in [0.2, 0.25) is 5.02 Å². The number of nitrogens with zero attached hydrogens (tertiary/aromatic N) is 2. The number of anilines is 2. The molecule has 0 aliphatic heterocycles. The van der Waals surface area contributed by atoms with Crippen LogP contribution in [0.25, 0.3) is 22.5 Å². The molecule has 0 atom stereocenters. The lowest BCUT2D eigenvalue weighted by atomic mass is 10.2. The first-order valence-electron chi connectivity index (χ1n) is 6.72. The van der Waals surface area contributed by atoms with Gasteiger partial charge in [-0.15, -0.1) is 5.10 Å². The van der Waals surface area contributed by atoms with Gasteiger partial charge in [0.15, 0.2) is 0 Å². The summed E-state index contributed by atoms with van der Waals surface area (Å²) in [5.74, 6) is 0.422. The van der Waals surface area contributed by atoms with Gasteiger partial charge in [-0.3, -0.25) is 0 Å². The number of hydrogen-bond acceptors (Lipinski definition) is 4. The van der Waals surface area contributed by atoms with Crippen LogP contribution in [0.15, 0.2) is 59.0 Å². The Labute approximate surface area is 130 Å². The van der Waals surface area contributed by atoms with Crippen LogP contribution in [-0.4, -0.2) is 15.2 Å². The smallest absolute Gasteiger partial charge is 0.320 e. The summed E-state index contributed by atoms with van der Waals surface area (Å²) in [5, 5.41) is 12.8. The molecular weight excluding hydrogens is 300 g/mol. The van der Waals surface area contributed by atoms with E-state index in [2.05, 4.69) is 20.5 Å². The first-order chi connectivity index (χ1) is 10.8. The van der Waals surface area contributed by atoms with Crippen molar-refractivity contribution in [1.29, 1.82) is 0 Å². The number of hydrogen-bond donors (Lipinski definition) is 2. The normalized spacial score (nSPS) is 11.0. The molecule has 2 aromatic carbocycles. The fourth-order valence-electron chi connectivity index (χ4n) is 2.25. The third-order valence-corrected chi connectivity index (χ3v) is 3.50. The lowest BCUT2D eigenvalue weighted by Crippen LogP contribution is -1.88. The second-order valence-corrected chi connectivity index (χ2v) is 5.25. The van der Waals surface area contributed by atoms with Crippen LogP contribution in [0.3, 0.4) is 0 Å². The van der Waals surface area contributed by atoms with Crippen molar-refractivity contribution in [2.75, 3.05) is 5.32 Å². The third-order valence-electron chi connectivity index (χ3n) is 3.26. The molecule has 0 fully saturated rings. The van der Waals surface area contributed by atoms with E-state index in [1.165, 1.54) is 0 Å². The number of halogens is 1. The van der Waals surface area contributed by atoms with Gasteiger partial charge in [0.2, 0.25) is 0 Å². The SMILES string of the molecule is Clc1ccc2[nH]c(-c3nnc(Nc4ccccc4)o3)cc2c1. The summed E-state index contributed by atoms with van der Waals surface area (Å²) in [5.41, 5.74) is 2.61. The first-order valence-corrected chi connectivity index (χ1v) is 7.10. The number of nitrogens with one attached hydrogen (secondary N) is 2. The topological polar surface area (TPSA) is 66.7 Å². The van der Waals surface area contributed by atoms with Crippen LogP contribution in [0.1, 0.15) is 0 Å². The number of benzene rings is 2. The van der Waals surface area contributed by atoms with Gasteiger partial charge in [0.05, 0.1) is 0 Å². The summed E-state index contributed by atoms with van der Waals surface area (Å²) < 4.78 is 5.64. The molecule has 0 unspecified atom stereocenters. The number of fused-ring (bicyclic) bond motifs is 1. The Kier molecular flexibility index (Phi) is 3.05. The zero-order valence-corrected chi connectivity index (χ0v) is 12.1. The second-order valence-electron chi connectivity index (χ2n) is 4.82. The molecule has 4 aromatic rings. The molecule has 0 aliphatic carbocycles. The number of para-hydroxylation sites is 1. The summed E-state index contributed by atoms with van der Waals surface area (Å²) in [4.78, 5) is 3.23. The molecule has 2 N–H and O–H groups in total. The largest absolute Gasteiger partial charge is 0.402 e. The molecule has 0 saturated heterocycles. The lowest BCUT2D eigenvalue weighted by Gasteiger charge is -1.98. The standard InChI is InChI=1S/C16H11ClN4O/c17-11-6-7-13-10(8-11)9-14(19-13)15-20-21-16(22-15)18-12-4-2-1-3-5-12/h1-9,19H,(H,18,21). The molecule has 6 heteroatoms. The van der Waals surface area contributed by atoms with Crippen LogP contribution in [0.4, 0.5) is 11.7 Å². The Hall–Kier alpha value is -2.79. The minimum Gasteiger partial charge on any atom is -0.402 e. The number of H-pyrrole nitrogens is 1. The van der Waals surface area contributed by atoms with E-state index in [1.807, 2.05) is 54.6 Å². The molecule has 0 aliphatic rings. The Balaban J connectivity index is 1.65. The van der Waals surface area contributed by atoms with Crippen LogP contribution in [-0.2, 0) is 0 Å². The van der Waals surface area contributed by atoms with Crippen LogP contribution >= 0.6 is 11.6 Å². The Morgan fingerprint density at radius 2 is 1.86 bits per heavy atom. The van der Waals surface area contributed by atoms with E-state index in [4.69, 9.17) is 16.0 Å². The van der Waals surface area contributed by atoms with Crippen molar-refractivity contribution in [3.63, 3.8) is 0 Å². The van der Waals surface area contributed by atoms with Crippen molar-refractivity contribution in [1.82, 2.24) is 15.2 Å². The molecule has 22 heavy (non-hydrogen) atoms. The van der Waals surface area contributed by atoms with Gasteiger partial charge in [-0.1, -0.05) is 34.9 Å². The van der Waals surface area contributed by atoms with Crippen molar-refractivity contribution in [2.24, 2.45) is 0 Å². The van der Waals surface area contributed by atoms with E-state index in [1.54, 1.807) is 0 Å². The Bertz CT molecular complexity index is 930. The Morgan fingerprint density at radius 1 is 1.00 bits per heavy atom. The summed E-state index contributed by atoms with van der Waals surface area (Å²) in [7, 11) is 0. The molecule has 0 saturated carbocycles. The maximum atomic E-state index is 5.99. The molecule has 2 aromatic heterocycles. The van der Waals surface area contributed by atoms with Crippen LogP contribution < -0.4 is 5.32 Å². The predicted octanol–water partition coefficient (Wildman–Crippen LogP) is 4.61. The summed E-state index contributed by atoms with van der Waals surface area (Å²) >= 11 is 5.99. The number of aromatic amines is 1. The van der Waals surface area contributed by atoms with Gasteiger partial charge in [-0.05, 0) is 36.4 Å². The Morgan fingerprint density at radius 3 is 2.73 bits per heavy atom. The molecular formula is C16H11ClN4O. The van der Waals surface area contributed by atoms with Crippen molar-refractivity contribution in [3.05, 3.63) is 59.6 Å². The first kappa shape index (κ1) is 12.9. The third kappa shape index (κ3) is 2.42. The zero-order chi connectivity index (χ0) is 14.9. The summed E-state index contributed by atoms with van der Waals surface area (Å²) in [6, 6.07) is 17.6. The van der Waals surface area contributed by atoms with Gasteiger partial charge >= 0.3 is 6.01 Å². The van der Waals surface area contributed by atoms with E-state index >= 15 is 0 Å². The zero-order valence-electron chi connectivity index (χ0n) is 11.4. The van der Waals surface area contributed by atoms with Crippen molar-refractivity contribution in [2.45, 2.75) is 0 Å². The quantitative estimate of drug-likeness (QED) is 0.579. The van der Waals surface area contributed by atoms with Gasteiger partial charge in [0, 0.05) is 21.6 Å². The summed E-state index contributed by atoms with van der Waals surface area (Å²) in [6.07, 6.45) is 0. The molecule has 4 rings (SSSR count). The lowest BCUT2D eigenvalue weighted by molar-refractivity contribution is 0.586. The number of aromatic nitrogens is 3. The van der Waals surface area contributed by atoms with Gasteiger partial charge < -0.3 is 14.7 Å². The van der Waals surface area contributed by atoms with E-state index in [9.17, 15) is 0 Å². The highest BCUT2D eigenvalue weighted by molar-refractivity contribution is 6.31. The average molecular weight is 311 g/mol. The maximum Gasteiger partial charge on any atom is 0.320 e. The van der Waals surface area contributed by atoms with Crippen molar-refractivity contribution >= 4 is 34.2 Å². The minimum atomic E-state index is 0.345. The van der Waals surface area contributed by atoms with Crippen LogP contribution in [0.5, 0.6) is 0 Å². The average Bonchev–Trinajstić information content (AvgIpc) is 3.14. The predicted molar refractivity (Wildman–Crippen MR) is 86.3 cm³/mol. The summed E-state index contributed by atoms with van der Waals surface area (Å²) in [6.45, 7) is 0. The van der Waals surface area contributed by atoms with E-state index in [0.29, 0.717) is 16.9 Å². The van der Waals surface area contributed by atoms with Gasteiger partial charge in [0.25, 0.3) is 5.89 Å². The van der Waals surface area contributed by atoms with Gasteiger partial charge in [-0.2, -0.15) is 0 Å². The highest BCUT2D eigenvalue weighted by atomic mass is 35.5. The minimum absolute atomic E-state index is 0.345.